The lowest BCUT2D eigenvalue weighted by Crippen LogP contribution is -2.35. The van der Waals surface area contributed by atoms with Crippen LogP contribution in [0.4, 0.5) is 5.69 Å². The molecule has 3 heterocycles. The zero-order valence-electron chi connectivity index (χ0n) is 13.6. The summed E-state index contributed by atoms with van der Waals surface area (Å²) in [6, 6.07) is 14.7. The molecule has 1 aromatic heterocycles. The normalized spacial score (nSPS) is 24.3. The van der Waals surface area contributed by atoms with Gasteiger partial charge in [0, 0.05) is 36.7 Å². The van der Waals surface area contributed by atoms with Gasteiger partial charge in [-0.2, -0.15) is 0 Å². The fourth-order valence-corrected chi connectivity index (χ4v) is 4.15. The number of benzene rings is 1. The average molecular weight is 307 g/mol. The molecule has 2 fully saturated rings. The largest absolute Gasteiger partial charge is 0.381 e. The van der Waals surface area contributed by atoms with Gasteiger partial charge in [-0.25, -0.2) is 0 Å². The Morgan fingerprint density at radius 1 is 0.957 bits per heavy atom. The van der Waals surface area contributed by atoms with Gasteiger partial charge in [-0.15, -0.1) is 0 Å². The molecule has 1 aromatic carbocycles. The quantitative estimate of drug-likeness (QED) is 0.908. The smallest absolute Gasteiger partial charge is 0.0401 e. The summed E-state index contributed by atoms with van der Waals surface area (Å²) in [6.07, 6.45) is 10.6. The van der Waals surface area contributed by atoms with Crippen molar-refractivity contribution in [1.82, 2.24) is 9.88 Å². The Bertz CT molecular complexity index is 623. The van der Waals surface area contributed by atoms with Crippen LogP contribution >= 0.6 is 0 Å². The van der Waals surface area contributed by atoms with Crippen LogP contribution in [0.5, 0.6) is 0 Å². The van der Waals surface area contributed by atoms with Crippen LogP contribution in [0.25, 0.3) is 0 Å². The second-order valence-electron chi connectivity index (χ2n) is 6.81. The Balaban J connectivity index is 1.40. The Morgan fingerprint density at radius 2 is 1.78 bits per heavy atom. The van der Waals surface area contributed by atoms with Crippen molar-refractivity contribution in [1.29, 1.82) is 0 Å². The number of nitrogens with zero attached hydrogens (tertiary/aromatic N) is 2. The van der Waals surface area contributed by atoms with Gasteiger partial charge in [-0.3, -0.25) is 9.88 Å². The highest BCUT2D eigenvalue weighted by Crippen LogP contribution is 2.40. The number of hydrogen-bond donors (Lipinski definition) is 1. The first-order chi connectivity index (χ1) is 11.4. The molecule has 120 valence electrons. The van der Waals surface area contributed by atoms with Gasteiger partial charge in [0.25, 0.3) is 0 Å². The summed E-state index contributed by atoms with van der Waals surface area (Å²) in [5.74, 6) is 0. The molecule has 0 radical (unpaired) electrons. The van der Waals surface area contributed by atoms with Gasteiger partial charge < -0.3 is 5.32 Å². The van der Waals surface area contributed by atoms with E-state index in [0.717, 1.165) is 12.6 Å². The van der Waals surface area contributed by atoms with Gasteiger partial charge in [0.2, 0.25) is 0 Å². The molecule has 3 heteroatoms. The van der Waals surface area contributed by atoms with Gasteiger partial charge in [-0.05, 0) is 67.6 Å². The van der Waals surface area contributed by atoms with Crippen molar-refractivity contribution in [3.63, 3.8) is 0 Å². The molecule has 0 saturated carbocycles. The third-order valence-electron chi connectivity index (χ3n) is 5.39. The van der Waals surface area contributed by atoms with Gasteiger partial charge >= 0.3 is 0 Å². The summed E-state index contributed by atoms with van der Waals surface area (Å²) in [6.45, 7) is 2.14. The van der Waals surface area contributed by atoms with E-state index in [2.05, 4.69) is 51.6 Å². The maximum absolute atomic E-state index is 4.06. The predicted octanol–water partition coefficient (Wildman–Crippen LogP) is 4.38. The number of fused-ring (bicyclic) bond motifs is 1. The SMILES string of the molecule is c1cc(CNc2ccc([C@H]3CC[C@H]4CCCCN43)cc2)ccn1. The standard InChI is InChI=1S/C20H25N3/c1-2-14-23-19(3-1)8-9-20(23)17-4-6-18(7-5-17)22-15-16-10-12-21-13-11-16/h4-7,10-13,19-20,22H,1-3,8-9,14-15H2/t19-,20-/m1/s1. The number of piperidine rings is 1. The number of anilines is 1. The van der Waals surface area contributed by atoms with Crippen LogP contribution in [-0.4, -0.2) is 22.5 Å². The Kier molecular flexibility index (Phi) is 4.29. The molecule has 2 atom stereocenters. The highest BCUT2D eigenvalue weighted by molar-refractivity contribution is 5.45. The van der Waals surface area contributed by atoms with Gasteiger partial charge in [0.05, 0.1) is 0 Å². The minimum Gasteiger partial charge on any atom is -0.381 e. The van der Waals surface area contributed by atoms with Crippen LogP contribution in [0.3, 0.4) is 0 Å². The van der Waals surface area contributed by atoms with Crippen LogP contribution in [0.1, 0.15) is 49.3 Å². The molecule has 0 aliphatic carbocycles. The van der Waals surface area contributed by atoms with Crippen LogP contribution in [0.2, 0.25) is 0 Å². The Labute approximate surface area is 138 Å². The maximum Gasteiger partial charge on any atom is 0.0401 e. The lowest BCUT2D eigenvalue weighted by atomic mass is 10.0. The fraction of sp³-hybridized carbons (Fsp3) is 0.450. The molecule has 2 aliphatic heterocycles. The molecule has 0 spiro atoms. The van der Waals surface area contributed by atoms with Crippen molar-refractivity contribution in [3.8, 4) is 0 Å². The van der Waals surface area contributed by atoms with Gasteiger partial charge in [0.15, 0.2) is 0 Å². The van der Waals surface area contributed by atoms with Crippen LogP contribution in [0, 0.1) is 0 Å². The molecule has 0 unspecified atom stereocenters. The van der Waals surface area contributed by atoms with E-state index in [9.17, 15) is 0 Å². The van der Waals surface area contributed by atoms with E-state index in [-0.39, 0.29) is 0 Å². The summed E-state index contributed by atoms with van der Waals surface area (Å²) in [4.78, 5) is 6.81. The Morgan fingerprint density at radius 3 is 2.61 bits per heavy atom. The van der Waals surface area contributed by atoms with Crippen LogP contribution < -0.4 is 5.32 Å². The molecular formula is C20H25N3. The second kappa shape index (κ2) is 6.71. The first-order valence-corrected chi connectivity index (χ1v) is 8.88. The molecule has 4 rings (SSSR count). The molecule has 2 aliphatic rings. The number of aromatic nitrogens is 1. The first-order valence-electron chi connectivity index (χ1n) is 8.88. The van der Waals surface area contributed by atoms with E-state index in [1.54, 1.807) is 0 Å². The topological polar surface area (TPSA) is 28.2 Å². The molecule has 2 aromatic rings. The highest BCUT2D eigenvalue weighted by atomic mass is 15.2. The van der Waals surface area contributed by atoms with E-state index < -0.39 is 0 Å². The summed E-state index contributed by atoms with van der Waals surface area (Å²) in [5.41, 5.74) is 3.94. The zero-order chi connectivity index (χ0) is 15.5. The summed E-state index contributed by atoms with van der Waals surface area (Å²) in [5, 5.41) is 3.49. The predicted molar refractivity (Wildman–Crippen MR) is 94.3 cm³/mol. The van der Waals surface area contributed by atoms with Crippen molar-refractivity contribution < 1.29 is 0 Å². The van der Waals surface area contributed by atoms with E-state index in [0.29, 0.717) is 6.04 Å². The third kappa shape index (κ3) is 3.25. The fourth-order valence-electron chi connectivity index (χ4n) is 4.15. The minimum absolute atomic E-state index is 0.648. The number of pyridine rings is 1. The molecule has 23 heavy (non-hydrogen) atoms. The van der Waals surface area contributed by atoms with Crippen molar-refractivity contribution in [2.45, 2.75) is 50.7 Å². The first kappa shape index (κ1) is 14.7. The lowest BCUT2D eigenvalue weighted by Gasteiger charge is -2.34. The summed E-state index contributed by atoms with van der Waals surface area (Å²) < 4.78 is 0. The van der Waals surface area contributed by atoms with E-state index in [4.69, 9.17) is 0 Å². The third-order valence-corrected chi connectivity index (χ3v) is 5.39. The summed E-state index contributed by atoms with van der Waals surface area (Å²) >= 11 is 0. The van der Waals surface area contributed by atoms with E-state index in [1.807, 2.05) is 12.4 Å². The number of rotatable bonds is 4. The lowest BCUT2D eigenvalue weighted by molar-refractivity contribution is 0.150. The molecular weight excluding hydrogens is 282 g/mol. The molecule has 3 nitrogen and oxygen atoms in total. The monoisotopic (exact) mass is 307 g/mol. The maximum atomic E-state index is 4.06. The number of nitrogens with one attached hydrogen (secondary N) is 1. The molecule has 0 bridgehead atoms. The molecule has 0 amide bonds. The van der Waals surface area contributed by atoms with Gasteiger partial charge in [0.1, 0.15) is 0 Å². The average Bonchev–Trinajstić information content (AvgIpc) is 3.05. The van der Waals surface area contributed by atoms with E-state index >= 15 is 0 Å². The molecule has 2 saturated heterocycles. The van der Waals surface area contributed by atoms with Crippen molar-refractivity contribution in [3.05, 3.63) is 59.9 Å². The minimum atomic E-state index is 0.648. The highest BCUT2D eigenvalue weighted by Gasteiger charge is 2.35. The number of hydrogen-bond acceptors (Lipinski definition) is 3. The van der Waals surface area contributed by atoms with E-state index in [1.165, 1.54) is 55.5 Å². The Hall–Kier alpha value is -1.87. The summed E-state index contributed by atoms with van der Waals surface area (Å²) in [7, 11) is 0. The van der Waals surface area contributed by atoms with Crippen molar-refractivity contribution in [2.24, 2.45) is 0 Å². The van der Waals surface area contributed by atoms with Crippen molar-refractivity contribution >= 4 is 5.69 Å². The second-order valence-corrected chi connectivity index (χ2v) is 6.81. The van der Waals surface area contributed by atoms with Crippen LogP contribution in [-0.2, 0) is 6.54 Å². The van der Waals surface area contributed by atoms with Crippen molar-refractivity contribution in [2.75, 3.05) is 11.9 Å². The molecule has 1 N–H and O–H groups in total. The zero-order valence-corrected chi connectivity index (χ0v) is 13.6. The van der Waals surface area contributed by atoms with Gasteiger partial charge in [-0.1, -0.05) is 18.6 Å². The van der Waals surface area contributed by atoms with Crippen LogP contribution in [0.15, 0.2) is 48.8 Å².